The van der Waals surface area contributed by atoms with Gasteiger partial charge in [-0.2, -0.15) is 0 Å². The number of likely N-dealkylation sites (N-methyl/N-ethyl adjacent to an activating group) is 1. The number of esters is 1. The normalized spacial score (nSPS) is 14.5. The molecule has 0 aliphatic carbocycles. The van der Waals surface area contributed by atoms with Gasteiger partial charge >= 0.3 is 13.8 Å². The van der Waals surface area contributed by atoms with E-state index in [0.29, 0.717) is 24.1 Å². The maximum Gasteiger partial charge on any atom is 0.472 e. The first-order valence-corrected chi connectivity index (χ1v) is 28.8. The Morgan fingerprint density at radius 3 is 1.19 bits per heavy atom. The first kappa shape index (κ1) is 65.9. The van der Waals surface area contributed by atoms with E-state index in [1.54, 1.807) is 0 Å². The number of rotatable bonds is 49. The van der Waals surface area contributed by atoms with Crippen LogP contribution in [0.15, 0.2) is 122 Å². The highest BCUT2D eigenvalue weighted by Crippen LogP contribution is 2.43. The van der Waals surface area contributed by atoms with E-state index < -0.39 is 13.9 Å². The molecular formula is C60H103NO7P+. The fourth-order valence-corrected chi connectivity index (χ4v) is 7.64. The third-order valence-electron chi connectivity index (χ3n) is 11.0. The van der Waals surface area contributed by atoms with Gasteiger partial charge in [-0.3, -0.25) is 13.8 Å². The van der Waals surface area contributed by atoms with Crippen LogP contribution >= 0.6 is 7.82 Å². The lowest BCUT2D eigenvalue weighted by molar-refractivity contribution is -0.870. The summed E-state index contributed by atoms with van der Waals surface area (Å²) in [6, 6.07) is 0. The van der Waals surface area contributed by atoms with Gasteiger partial charge < -0.3 is 18.9 Å². The zero-order chi connectivity index (χ0) is 50.5. The summed E-state index contributed by atoms with van der Waals surface area (Å²) in [6.45, 7) is 5.33. The van der Waals surface area contributed by atoms with Gasteiger partial charge in [-0.15, -0.1) is 0 Å². The maximum atomic E-state index is 12.8. The van der Waals surface area contributed by atoms with E-state index in [2.05, 4.69) is 135 Å². The molecule has 8 nitrogen and oxygen atoms in total. The first-order valence-electron chi connectivity index (χ1n) is 27.3. The molecule has 2 atom stereocenters. The molecule has 0 aromatic heterocycles. The van der Waals surface area contributed by atoms with E-state index in [0.717, 1.165) is 109 Å². The molecular weight excluding hydrogens is 878 g/mol. The van der Waals surface area contributed by atoms with Crippen LogP contribution in [0.4, 0.5) is 0 Å². The lowest BCUT2D eigenvalue weighted by Crippen LogP contribution is -2.37. The minimum absolute atomic E-state index is 0.0755. The highest BCUT2D eigenvalue weighted by atomic mass is 31.2. The number of nitrogens with zero attached hydrogens (tertiary/aromatic N) is 1. The zero-order valence-corrected chi connectivity index (χ0v) is 45.6. The van der Waals surface area contributed by atoms with Crippen LogP contribution < -0.4 is 0 Å². The van der Waals surface area contributed by atoms with Crippen molar-refractivity contribution in [3.8, 4) is 0 Å². The lowest BCUT2D eigenvalue weighted by atomic mass is 10.1. The summed E-state index contributed by atoms with van der Waals surface area (Å²) < 4.78 is 35.2. The molecule has 0 fully saturated rings. The van der Waals surface area contributed by atoms with Crippen molar-refractivity contribution in [2.45, 2.75) is 200 Å². The fourth-order valence-electron chi connectivity index (χ4n) is 6.90. The third-order valence-corrected chi connectivity index (χ3v) is 12.0. The van der Waals surface area contributed by atoms with Gasteiger partial charge in [0.2, 0.25) is 0 Å². The molecule has 0 aromatic carbocycles. The molecule has 0 aliphatic rings. The summed E-state index contributed by atoms with van der Waals surface area (Å²) in [6.07, 6.45) is 73.9. The summed E-state index contributed by atoms with van der Waals surface area (Å²) in [4.78, 5) is 23.1. The molecule has 69 heavy (non-hydrogen) atoms. The Labute approximate surface area is 424 Å². The minimum atomic E-state index is -4.30. The highest BCUT2D eigenvalue weighted by Gasteiger charge is 2.26. The van der Waals surface area contributed by atoms with Crippen molar-refractivity contribution in [1.82, 2.24) is 0 Å². The van der Waals surface area contributed by atoms with Crippen LogP contribution in [0.25, 0.3) is 0 Å². The Hall–Kier alpha value is -3.10. The van der Waals surface area contributed by atoms with E-state index in [-0.39, 0.29) is 25.8 Å². The Balaban J connectivity index is 4.20. The number of ether oxygens (including phenoxy) is 2. The standard InChI is InChI=1S/C60H102NO7P/c1-6-8-10-12-14-16-18-20-22-24-26-28-30-32-34-36-38-40-42-44-46-48-50-52-55-65-57-59(58-67-69(63,64)66-56-54-61(3,4)5)68-60(62)53-51-49-47-45-43-41-39-37-35-33-31-29-27-25-23-21-19-17-15-13-11-9-7-2/h8-11,14-17,20-23,26-29,33,35,39,41,59H,6-7,12-13,18-19,24-25,30-32,34,36-38,40,42-58H2,1-5H3/p+1/b10-8-,11-9-,16-14-,17-15-,22-20-,23-21-,28-26-,29-27-,35-33-,41-39-. The van der Waals surface area contributed by atoms with Crippen molar-refractivity contribution in [3.05, 3.63) is 122 Å². The number of hydrogen-bond acceptors (Lipinski definition) is 6. The van der Waals surface area contributed by atoms with Gasteiger partial charge in [-0.25, -0.2) is 4.57 Å². The topological polar surface area (TPSA) is 91.3 Å². The van der Waals surface area contributed by atoms with Crippen LogP contribution in [0.3, 0.4) is 0 Å². The Bertz CT molecular complexity index is 1510. The van der Waals surface area contributed by atoms with E-state index in [9.17, 15) is 14.3 Å². The number of quaternary nitrogens is 1. The van der Waals surface area contributed by atoms with Crippen LogP contribution in [0.1, 0.15) is 194 Å². The summed E-state index contributed by atoms with van der Waals surface area (Å²) in [5.41, 5.74) is 0. The molecule has 0 aliphatic heterocycles. The fraction of sp³-hybridized carbons (Fsp3) is 0.650. The molecule has 0 radical (unpaired) electrons. The van der Waals surface area contributed by atoms with Crippen molar-refractivity contribution in [2.75, 3.05) is 54.1 Å². The summed E-state index contributed by atoms with van der Waals surface area (Å²) in [7, 11) is 1.63. The molecule has 0 saturated carbocycles. The van der Waals surface area contributed by atoms with Gasteiger partial charge in [-0.05, 0) is 103 Å². The van der Waals surface area contributed by atoms with Crippen LogP contribution in [0.2, 0.25) is 0 Å². The van der Waals surface area contributed by atoms with Crippen LogP contribution in [0.5, 0.6) is 0 Å². The van der Waals surface area contributed by atoms with Gasteiger partial charge in [0.05, 0.1) is 34.4 Å². The molecule has 394 valence electrons. The van der Waals surface area contributed by atoms with Crippen molar-refractivity contribution in [2.24, 2.45) is 0 Å². The van der Waals surface area contributed by atoms with Gasteiger partial charge in [-0.1, -0.05) is 206 Å². The summed E-state index contributed by atoms with van der Waals surface area (Å²) in [5, 5.41) is 0. The van der Waals surface area contributed by atoms with E-state index in [1.807, 2.05) is 21.1 Å². The SMILES string of the molecule is CC/C=C\C/C=C\C/C=C\C/C=C\C/C=C\C/C=C\CCCCCCC(=O)OC(COCCCCCCCCCCCCC/C=C\C/C=C\C/C=C\C/C=C\CC)COP(=O)(O)OCC[N+](C)(C)C. The minimum Gasteiger partial charge on any atom is -0.457 e. The second-order valence-electron chi connectivity index (χ2n) is 18.8. The predicted molar refractivity (Wildman–Crippen MR) is 297 cm³/mol. The van der Waals surface area contributed by atoms with Gasteiger partial charge in [0, 0.05) is 13.0 Å². The number of allylic oxidation sites excluding steroid dienone is 20. The van der Waals surface area contributed by atoms with Crippen molar-refractivity contribution in [1.29, 1.82) is 0 Å². The largest absolute Gasteiger partial charge is 0.472 e. The Morgan fingerprint density at radius 2 is 0.797 bits per heavy atom. The van der Waals surface area contributed by atoms with Crippen molar-refractivity contribution < 1.29 is 37.3 Å². The Morgan fingerprint density at radius 1 is 0.449 bits per heavy atom. The molecule has 9 heteroatoms. The van der Waals surface area contributed by atoms with Crippen molar-refractivity contribution in [3.63, 3.8) is 0 Å². The first-order chi connectivity index (χ1) is 33.6. The Kier molecular flexibility index (Phi) is 49.0. The van der Waals surface area contributed by atoms with E-state index in [4.69, 9.17) is 18.5 Å². The number of carbonyl (C=O) groups is 1. The molecule has 2 unspecified atom stereocenters. The van der Waals surface area contributed by atoms with Crippen molar-refractivity contribution >= 4 is 13.8 Å². The molecule has 0 heterocycles. The number of unbranched alkanes of at least 4 members (excludes halogenated alkanes) is 15. The molecule has 0 bridgehead atoms. The second-order valence-corrected chi connectivity index (χ2v) is 20.3. The molecule has 0 amide bonds. The smallest absolute Gasteiger partial charge is 0.457 e. The van der Waals surface area contributed by atoms with Gasteiger partial charge in [0.1, 0.15) is 19.3 Å². The molecule has 1 N–H and O–H groups in total. The number of hydrogen-bond donors (Lipinski definition) is 1. The van der Waals surface area contributed by atoms with E-state index >= 15 is 0 Å². The zero-order valence-electron chi connectivity index (χ0n) is 44.8. The average Bonchev–Trinajstić information content (AvgIpc) is 3.31. The lowest BCUT2D eigenvalue weighted by Gasteiger charge is -2.24. The monoisotopic (exact) mass is 981 g/mol. The highest BCUT2D eigenvalue weighted by molar-refractivity contribution is 7.47. The summed E-state index contributed by atoms with van der Waals surface area (Å²) in [5.74, 6) is -0.343. The third kappa shape index (κ3) is 55.7. The molecule has 0 spiro atoms. The molecule has 0 aromatic rings. The number of carbonyl (C=O) groups excluding carboxylic acids is 1. The summed E-state index contributed by atoms with van der Waals surface area (Å²) >= 11 is 0. The van der Waals surface area contributed by atoms with Crippen LogP contribution in [-0.2, 0) is 27.9 Å². The van der Waals surface area contributed by atoms with Gasteiger partial charge in [0.15, 0.2) is 0 Å². The number of phosphoric ester groups is 1. The average molecular weight is 981 g/mol. The predicted octanol–water partition coefficient (Wildman–Crippen LogP) is 17.3. The maximum absolute atomic E-state index is 12.8. The quantitative estimate of drug-likeness (QED) is 0.0213. The van der Waals surface area contributed by atoms with Crippen LogP contribution in [0, 0.1) is 0 Å². The van der Waals surface area contributed by atoms with Crippen LogP contribution in [-0.4, -0.2) is 75.6 Å². The molecule has 0 rings (SSSR count). The molecule has 0 saturated heterocycles. The van der Waals surface area contributed by atoms with E-state index in [1.165, 1.54) is 64.2 Å². The number of phosphoric acid groups is 1. The van der Waals surface area contributed by atoms with Gasteiger partial charge in [0.25, 0.3) is 0 Å². The second kappa shape index (κ2) is 51.3.